The standard InChI is InChI=1S/C24H24BrN3O2S/c25-17-13-26-28(14-17)24(16-31)9-11-27(12-10-24)23(29)30-15-22-20-7-3-1-5-18(20)19-6-2-4-8-21(19)22/h1-8,13-14,22,31H,9-12,15-16H2. The molecule has 0 radical (unpaired) electrons. The minimum Gasteiger partial charge on any atom is -0.448 e. The van der Waals surface area contributed by atoms with E-state index in [-0.39, 0.29) is 17.6 Å². The lowest BCUT2D eigenvalue weighted by Crippen LogP contribution is -2.49. The first-order chi connectivity index (χ1) is 15.1. The zero-order valence-electron chi connectivity index (χ0n) is 17.1. The highest BCUT2D eigenvalue weighted by Gasteiger charge is 2.38. The van der Waals surface area contributed by atoms with Crippen LogP contribution in [0.25, 0.3) is 11.1 Å². The first-order valence-electron chi connectivity index (χ1n) is 10.5. The molecule has 2 aromatic carbocycles. The largest absolute Gasteiger partial charge is 0.448 e. The van der Waals surface area contributed by atoms with E-state index >= 15 is 0 Å². The predicted octanol–water partition coefficient (Wildman–Crippen LogP) is 5.32. The summed E-state index contributed by atoms with van der Waals surface area (Å²) >= 11 is 8.06. The Kier molecular flexibility index (Phi) is 5.56. The van der Waals surface area contributed by atoms with Gasteiger partial charge in [-0.05, 0) is 51.0 Å². The monoisotopic (exact) mass is 497 g/mol. The SMILES string of the molecule is O=C(OCC1c2ccccc2-c2ccccc21)N1CCC(CS)(n2cc(Br)cn2)CC1. The lowest BCUT2D eigenvalue weighted by molar-refractivity contribution is 0.0694. The quantitative estimate of drug-likeness (QED) is 0.496. The predicted molar refractivity (Wildman–Crippen MR) is 128 cm³/mol. The molecule has 1 aliphatic heterocycles. The van der Waals surface area contributed by atoms with Crippen LogP contribution in [-0.2, 0) is 10.3 Å². The number of aromatic nitrogens is 2. The summed E-state index contributed by atoms with van der Waals surface area (Å²) in [6.07, 6.45) is 5.14. The molecule has 0 N–H and O–H groups in total. The fourth-order valence-corrected chi connectivity index (χ4v) is 5.56. The van der Waals surface area contributed by atoms with E-state index in [1.807, 2.05) is 15.8 Å². The molecule has 1 aromatic heterocycles. The van der Waals surface area contributed by atoms with Gasteiger partial charge in [0, 0.05) is 31.0 Å². The third kappa shape index (κ3) is 3.68. The molecule has 1 amide bonds. The van der Waals surface area contributed by atoms with Crippen LogP contribution in [0.1, 0.15) is 29.9 Å². The highest BCUT2D eigenvalue weighted by atomic mass is 79.9. The summed E-state index contributed by atoms with van der Waals surface area (Å²) in [7, 11) is 0. The number of rotatable bonds is 4. The molecule has 160 valence electrons. The third-order valence-corrected chi connectivity index (χ3v) is 7.62. The Morgan fingerprint density at radius 3 is 2.26 bits per heavy atom. The number of benzene rings is 2. The Morgan fingerprint density at radius 2 is 1.71 bits per heavy atom. The van der Waals surface area contributed by atoms with Gasteiger partial charge < -0.3 is 9.64 Å². The zero-order chi connectivity index (χ0) is 21.4. The summed E-state index contributed by atoms with van der Waals surface area (Å²) in [5, 5.41) is 4.47. The summed E-state index contributed by atoms with van der Waals surface area (Å²) in [6.45, 7) is 1.62. The lowest BCUT2D eigenvalue weighted by atomic mass is 9.89. The molecule has 0 unspecified atom stereocenters. The second-order valence-corrected chi connectivity index (χ2v) is 9.51. The number of likely N-dealkylation sites (tertiary alicyclic amines) is 1. The van der Waals surface area contributed by atoms with E-state index in [1.54, 1.807) is 6.20 Å². The molecule has 31 heavy (non-hydrogen) atoms. The maximum absolute atomic E-state index is 12.9. The molecule has 1 saturated heterocycles. The van der Waals surface area contributed by atoms with Crippen LogP contribution < -0.4 is 0 Å². The summed E-state index contributed by atoms with van der Waals surface area (Å²) in [4.78, 5) is 14.7. The Balaban J connectivity index is 1.25. The first kappa shape index (κ1) is 20.6. The second kappa shape index (κ2) is 8.36. The molecule has 0 atom stereocenters. The van der Waals surface area contributed by atoms with Gasteiger partial charge in [-0.3, -0.25) is 4.68 Å². The van der Waals surface area contributed by atoms with Gasteiger partial charge in [-0.15, -0.1) is 0 Å². The van der Waals surface area contributed by atoms with Crippen LogP contribution in [0, 0.1) is 0 Å². The summed E-state index contributed by atoms with van der Waals surface area (Å²) in [6, 6.07) is 16.8. The van der Waals surface area contributed by atoms with Crippen molar-refractivity contribution in [2.24, 2.45) is 0 Å². The van der Waals surface area contributed by atoms with Crippen LogP contribution in [0.2, 0.25) is 0 Å². The Bertz CT molecular complexity index is 1060. The van der Waals surface area contributed by atoms with Gasteiger partial charge in [-0.2, -0.15) is 17.7 Å². The van der Waals surface area contributed by atoms with Crippen molar-refractivity contribution in [3.63, 3.8) is 0 Å². The molecule has 0 bridgehead atoms. The van der Waals surface area contributed by atoms with Gasteiger partial charge in [0.25, 0.3) is 0 Å². The van der Waals surface area contributed by atoms with Crippen molar-refractivity contribution < 1.29 is 9.53 Å². The Hall–Kier alpha value is -2.25. The number of fused-ring (bicyclic) bond motifs is 3. The third-order valence-electron chi connectivity index (χ3n) is 6.62. The molecule has 0 spiro atoms. The van der Waals surface area contributed by atoms with Gasteiger partial charge in [0.15, 0.2) is 0 Å². The molecule has 0 saturated carbocycles. The molecule has 1 fully saturated rings. The molecule has 1 aliphatic carbocycles. The van der Waals surface area contributed by atoms with Crippen LogP contribution in [-0.4, -0.2) is 46.2 Å². The number of hydrogen-bond donors (Lipinski definition) is 1. The van der Waals surface area contributed by atoms with Crippen molar-refractivity contribution in [2.75, 3.05) is 25.4 Å². The van der Waals surface area contributed by atoms with Gasteiger partial charge in [0.1, 0.15) is 6.61 Å². The van der Waals surface area contributed by atoms with Crippen LogP contribution in [0.4, 0.5) is 4.79 Å². The van der Waals surface area contributed by atoms with Crippen molar-refractivity contribution in [2.45, 2.75) is 24.3 Å². The van der Waals surface area contributed by atoms with Crippen molar-refractivity contribution >= 4 is 34.7 Å². The number of piperidine rings is 1. The highest BCUT2D eigenvalue weighted by molar-refractivity contribution is 9.10. The van der Waals surface area contributed by atoms with Crippen molar-refractivity contribution in [1.29, 1.82) is 0 Å². The maximum atomic E-state index is 12.9. The first-order valence-corrected chi connectivity index (χ1v) is 12.0. The molecule has 5 rings (SSSR count). The zero-order valence-corrected chi connectivity index (χ0v) is 19.6. The molecule has 5 nitrogen and oxygen atoms in total. The van der Waals surface area contributed by atoms with Crippen molar-refractivity contribution in [1.82, 2.24) is 14.7 Å². The smallest absolute Gasteiger partial charge is 0.409 e. The molecule has 2 aliphatic rings. The number of nitrogens with zero attached hydrogens (tertiary/aromatic N) is 3. The number of thiol groups is 1. The highest BCUT2D eigenvalue weighted by Crippen LogP contribution is 2.44. The van der Waals surface area contributed by atoms with Gasteiger partial charge >= 0.3 is 6.09 Å². The normalized spacial score (nSPS) is 17.3. The fraction of sp³-hybridized carbons (Fsp3) is 0.333. The van der Waals surface area contributed by atoms with E-state index in [4.69, 9.17) is 4.74 Å². The van der Waals surface area contributed by atoms with Crippen LogP contribution >= 0.6 is 28.6 Å². The van der Waals surface area contributed by atoms with E-state index in [0.29, 0.717) is 25.4 Å². The van der Waals surface area contributed by atoms with E-state index in [9.17, 15) is 4.79 Å². The fourth-order valence-electron chi connectivity index (χ4n) is 4.81. The van der Waals surface area contributed by atoms with Crippen LogP contribution in [0.5, 0.6) is 0 Å². The van der Waals surface area contributed by atoms with E-state index in [0.717, 1.165) is 17.3 Å². The molecular weight excluding hydrogens is 474 g/mol. The second-order valence-electron chi connectivity index (χ2n) is 8.28. The Morgan fingerprint density at radius 1 is 1.10 bits per heavy atom. The van der Waals surface area contributed by atoms with Gasteiger partial charge in [0.05, 0.1) is 16.2 Å². The number of carbonyl (C=O) groups is 1. The Labute approximate surface area is 195 Å². The topological polar surface area (TPSA) is 47.4 Å². The summed E-state index contributed by atoms with van der Waals surface area (Å²) in [5.41, 5.74) is 4.76. The number of amides is 1. The van der Waals surface area contributed by atoms with E-state index < -0.39 is 0 Å². The number of hydrogen-bond acceptors (Lipinski definition) is 4. The summed E-state index contributed by atoms with van der Waals surface area (Å²) in [5.74, 6) is 0.763. The average molecular weight is 498 g/mol. The van der Waals surface area contributed by atoms with E-state index in [2.05, 4.69) is 82.2 Å². The minimum atomic E-state index is -0.240. The lowest BCUT2D eigenvalue weighted by Gasteiger charge is -2.40. The summed E-state index contributed by atoms with van der Waals surface area (Å²) < 4.78 is 8.77. The number of halogens is 1. The molecule has 3 aromatic rings. The van der Waals surface area contributed by atoms with Gasteiger partial charge in [0.2, 0.25) is 0 Å². The molecular formula is C24H24BrN3O2S. The maximum Gasteiger partial charge on any atom is 0.409 e. The molecule has 2 heterocycles. The van der Waals surface area contributed by atoms with Crippen molar-refractivity contribution in [3.05, 3.63) is 76.5 Å². The van der Waals surface area contributed by atoms with Gasteiger partial charge in [-0.25, -0.2) is 4.79 Å². The van der Waals surface area contributed by atoms with Crippen LogP contribution in [0.15, 0.2) is 65.4 Å². The number of ether oxygens (including phenoxy) is 1. The number of carbonyl (C=O) groups excluding carboxylic acids is 1. The van der Waals surface area contributed by atoms with Gasteiger partial charge in [-0.1, -0.05) is 48.5 Å². The minimum absolute atomic E-state index is 0.0825. The van der Waals surface area contributed by atoms with Crippen molar-refractivity contribution in [3.8, 4) is 11.1 Å². The van der Waals surface area contributed by atoms with Crippen LogP contribution in [0.3, 0.4) is 0 Å². The molecule has 7 heteroatoms. The average Bonchev–Trinajstić information content (AvgIpc) is 3.39. The van der Waals surface area contributed by atoms with E-state index in [1.165, 1.54) is 22.3 Å².